The van der Waals surface area contributed by atoms with E-state index in [1.165, 1.54) is 17.1 Å². The number of hydrogen-bond donors (Lipinski definition) is 0. The molecule has 5 nitrogen and oxygen atoms in total. The lowest BCUT2D eigenvalue weighted by molar-refractivity contribution is 0.602. The summed E-state index contributed by atoms with van der Waals surface area (Å²) in [6.07, 6.45) is 4.58. The second kappa shape index (κ2) is 4.93. The van der Waals surface area contributed by atoms with E-state index in [1.807, 2.05) is 0 Å². The van der Waals surface area contributed by atoms with Crippen molar-refractivity contribution in [1.82, 2.24) is 24.5 Å². The fourth-order valence-corrected chi connectivity index (χ4v) is 1.78. The van der Waals surface area contributed by atoms with Crippen molar-refractivity contribution in [3.63, 3.8) is 0 Å². The maximum Gasteiger partial charge on any atom is 0.239 e. The number of halogens is 3. The van der Waals surface area contributed by atoms with E-state index < -0.39 is 11.6 Å². The van der Waals surface area contributed by atoms with Crippen LogP contribution in [0.1, 0.15) is 0 Å². The zero-order valence-corrected chi connectivity index (χ0v) is 10.6. The molecule has 0 radical (unpaired) electrons. The summed E-state index contributed by atoms with van der Waals surface area (Å²) in [7, 11) is 0. The van der Waals surface area contributed by atoms with Crippen LogP contribution in [-0.2, 0) is 0 Å². The third-order valence-electron chi connectivity index (χ3n) is 2.50. The fourth-order valence-electron chi connectivity index (χ4n) is 1.62. The Morgan fingerprint density at radius 2 is 1.95 bits per heavy atom. The molecule has 8 heteroatoms. The van der Waals surface area contributed by atoms with Crippen molar-refractivity contribution < 1.29 is 8.78 Å². The molecule has 0 bridgehead atoms. The number of aromatic nitrogens is 5. The van der Waals surface area contributed by atoms with Crippen LogP contribution < -0.4 is 0 Å². The maximum absolute atomic E-state index is 13.7. The summed E-state index contributed by atoms with van der Waals surface area (Å²) >= 11 is 5.80. The van der Waals surface area contributed by atoms with Gasteiger partial charge in [0.15, 0.2) is 5.82 Å². The van der Waals surface area contributed by atoms with Crippen molar-refractivity contribution in [2.75, 3.05) is 0 Å². The summed E-state index contributed by atoms with van der Waals surface area (Å²) in [5.41, 5.74) is -0.0873. The Bertz CT molecular complexity index is 761. The summed E-state index contributed by atoms with van der Waals surface area (Å²) in [4.78, 5) is 15.6. The van der Waals surface area contributed by atoms with E-state index in [0.717, 1.165) is 18.2 Å². The van der Waals surface area contributed by atoms with Gasteiger partial charge < -0.3 is 0 Å². The lowest BCUT2D eigenvalue weighted by atomic mass is 10.2. The first-order valence-corrected chi connectivity index (χ1v) is 5.86. The molecule has 3 rings (SSSR count). The van der Waals surface area contributed by atoms with Gasteiger partial charge in [0.2, 0.25) is 11.2 Å². The molecule has 2 heterocycles. The first-order valence-electron chi connectivity index (χ1n) is 5.49. The second-order valence-corrected chi connectivity index (χ2v) is 4.16. The molecule has 0 aliphatic carbocycles. The first-order chi connectivity index (χ1) is 9.63. The average molecular weight is 294 g/mol. The monoisotopic (exact) mass is 293 g/mol. The third kappa shape index (κ3) is 2.35. The van der Waals surface area contributed by atoms with Crippen LogP contribution in [0.4, 0.5) is 8.78 Å². The topological polar surface area (TPSA) is 56.5 Å². The Kier molecular flexibility index (Phi) is 3.11. The van der Waals surface area contributed by atoms with Gasteiger partial charge in [0.25, 0.3) is 0 Å². The van der Waals surface area contributed by atoms with Crippen LogP contribution in [0.2, 0.25) is 5.28 Å². The molecular formula is C12H6ClF2N5. The number of nitrogens with zero attached hydrogens (tertiary/aromatic N) is 5. The van der Waals surface area contributed by atoms with Crippen molar-refractivity contribution >= 4 is 11.6 Å². The average Bonchev–Trinajstić information content (AvgIpc) is 2.95. The van der Waals surface area contributed by atoms with Crippen LogP contribution in [-0.4, -0.2) is 24.5 Å². The van der Waals surface area contributed by atoms with Gasteiger partial charge in [-0.25, -0.2) is 13.8 Å². The van der Waals surface area contributed by atoms with Gasteiger partial charge in [-0.3, -0.25) is 4.57 Å². The lowest BCUT2D eigenvalue weighted by Crippen LogP contribution is -2.04. The molecule has 20 heavy (non-hydrogen) atoms. The lowest BCUT2D eigenvalue weighted by Gasteiger charge is -2.05. The van der Waals surface area contributed by atoms with Crippen molar-refractivity contribution in [3.8, 4) is 17.3 Å². The highest BCUT2D eigenvalue weighted by Gasteiger charge is 2.13. The highest BCUT2D eigenvalue weighted by Crippen LogP contribution is 2.22. The SMILES string of the molecule is Fc1ccc(F)c(-c2nc(Cl)nc(-n3ccnc3)n2)c1. The van der Waals surface area contributed by atoms with Crippen LogP contribution in [0.5, 0.6) is 0 Å². The second-order valence-electron chi connectivity index (χ2n) is 3.82. The molecule has 0 N–H and O–H groups in total. The normalized spacial score (nSPS) is 10.8. The Morgan fingerprint density at radius 1 is 1.10 bits per heavy atom. The smallest absolute Gasteiger partial charge is 0.239 e. The zero-order chi connectivity index (χ0) is 14.1. The van der Waals surface area contributed by atoms with Crippen molar-refractivity contribution in [3.05, 3.63) is 53.8 Å². The van der Waals surface area contributed by atoms with Crippen molar-refractivity contribution in [2.45, 2.75) is 0 Å². The molecule has 0 saturated carbocycles. The van der Waals surface area contributed by atoms with Gasteiger partial charge in [0.1, 0.15) is 18.0 Å². The summed E-state index contributed by atoms with van der Waals surface area (Å²) in [6.45, 7) is 0. The van der Waals surface area contributed by atoms with Crippen molar-refractivity contribution in [2.24, 2.45) is 0 Å². The van der Waals surface area contributed by atoms with E-state index >= 15 is 0 Å². The molecule has 3 aromatic rings. The molecule has 0 spiro atoms. The Hall–Kier alpha value is -2.41. The van der Waals surface area contributed by atoms with E-state index in [-0.39, 0.29) is 22.6 Å². The summed E-state index contributed by atoms with van der Waals surface area (Å²) in [5.74, 6) is -1.13. The minimum Gasteiger partial charge on any atom is -0.274 e. The minimum atomic E-state index is -0.648. The quantitative estimate of drug-likeness (QED) is 0.729. The van der Waals surface area contributed by atoms with Crippen molar-refractivity contribution in [1.29, 1.82) is 0 Å². The molecule has 0 unspecified atom stereocenters. The maximum atomic E-state index is 13.7. The van der Waals surface area contributed by atoms with Gasteiger partial charge in [-0.1, -0.05) is 0 Å². The van der Waals surface area contributed by atoms with Gasteiger partial charge >= 0.3 is 0 Å². The van der Waals surface area contributed by atoms with Crippen LogP contribution in [0, 0.1) is 11.6 Å². The molecule has 0 aliphatic heterocycles. The molecule has 0 atom stereocenters. The molecule has 100 valence electrons. The van der Waals surface area contributed by atoms with Crippen LogP contribution in [0.15, 0.2) is 36.9 Å². The molecule has 0 fully saturated rings. The van der Waals surface area contributed by atoms with E-state index in [1.54, 1.807) is 6.20 Å². The molecular weight excluding hydrogens is 288 g/mol. The van der Waals surface area contributed by atoms with Gasteiger partial charge in [-0.15, -0.1) is 0 Å². The molecule has 1 aromatic carbocycles. The standard InChI is InChI=1S/C12H6ClF2N5/c13-11-17-10(8-5-7(14)1-2-9(8)15)18-12(19-11)20-4-3-16-6-20/h1-6H. The molecule has 2 aromatic heterocycles. The number of hydrogen-bond acceptors (Lipinski definition) is 4. The first kappa shape index (κ1) is 12.6. The highest BCUT2D eigenvalue weighted by molar-refractivity contribution is 6.28. The number of imidazole rings is 1. The Balaban J connectivity index is 2.17. The van der Waals surface area contributed by atoms with Crippen LogP contribution in [0.3, 0.4) is 0 Å². The van der Waals surface area contributed by atoms with Crippen LogP contribution >= 0.6 is 11.6 Å². The van der Waals surface area contributed by atoms with E-state index in [2.05, 4.69) is 19.9 Å². The predicted octanol–water partition coefficient (Wildman–Crippen LogP) is 2.66. The van der Waals surface area contributed by atoms with E-state index in [0.29, 0.717) is 0 Å². The molecule has 0 aliphatic rings. The van der Waals surface area contributed by atoms with Gasteiger partial charge in [-0.05, 0) is 29.8 Å². The fraction of sp³-hybridized carbons (Fsp3) is 0. The van der Waals surface area contributed by atoms with Gasteiger partial charge in [-0.2, -0.15) is 15.0 Å². The predicted molar refractivity (Wildman–Crippen MR) is 67.3 cm³/mol. The number of rotatable bonds is 2. The minimum absolute atomic E-state index is 0.0503. The summed E-state index contributed by atoms with van der Waals surface area (Å²) in [6, 6.07) is 3.01. The summed E-state index contributed by atoms with van der Waals surface area (Å²) in [5, 5.41) is -0.123. The van der Waals surface area contributed by atoms with Crippen LogP contribution in [0.25, 0.3) is 17.3 Å². The Labute approximate surface area is 116 Å². The Morgan fingerprint density at radius 3 is 2.70 bits per heavy atom. The van der Waals surface area contributed by atoms with E-state index in [4.69, 9.17) is 11.6 Å². The van der Waals surface area contributed by atoms with E-state index in [9.17, 15) is 8.78 Å². The molecule has 0 amide bonds. The zero-order valence-electron chi connectivity index (χ0n) is 9.83. The van der Waals surface area contributed by atoms with Gasteiger partial charge in [0.05, 0.1) is 5.56 Å². The molecule has 0 saturated heterocycles. The highest BCUT2D eigenvalue weighted by atomic mass is 35.5. The summed E-state index contributed by atoms with van der Waals surface area (Å²) < 4.78 is 28.4. The largest absolute Gasteiger partial charge is 0.274 e. The van der Waals surface area contributed by atoms with Gasteiger partial charge in [0, 0.05) is 12.4 Å². The third-order valence-corrected chi connectivity index (χ3v) is 2.67. The number of benzene rings is 1.